The molecule has 2 aliphatic rings. The molecule has 1 saturated heterocycles. The number of hydrogen-bond acceptors (Lipinski definition) is 4. The first-order chi connectivity index (χ1) is 12.5. The number of rotatable bonds is 6. The average Bonchev–Trinajstić information content (AvgIpc) is 3.14. The van der Waals surface area contributed by atoms with Crippen LogP contribution in [0.5, 0.6) is 5.75 Å². The molecule has 2 fully saturated rings. The minimum Gasteiger partial charge on any atom is -0.496 e. The number of nitrogens with one attached hydrogen (secondary N) is 1. The van der Waals surface area contributed by atoms with E-state index in [1.54, 1.807) is 6.07 Å². The molecule has 1 unspecified atom stereocenters. The Labute approximate surface area is 154 Å². The minimum absolute atomic E-state index is 0.00542. The number of carbonyl (C=O) groups is 1. The monoisotopic (exact) mass is 364 g/mol. The highest BCUT2D eigenvalue weighted by molar-refractivity contribution is 5.79. The van der Waals surface area contributed by atoms with Crippen LogP contribution in [0.1, 0.15) is 38.2 Å². The van der Waals surface area contributed by atoms with E-state index in [0.29, 0.717) is 11.3 Å². The van der Waals surface area contributed by atoms with Crippen LogP contribution >= 0.6 is 0 Å². The van der Waals surface area contributed by atoms with Crippen LogP contribution in [0.3, 0.4) is 0 Å². The van der Waals surface area contributed by atoms with E-state index in [9.17, 15) is 9.18 Å². The van der Waals surface area contributed by atoms with Crippen LogP contribution in [0, 0.1) is 5.82 Å². The Kier molecular flexibility index (Phi) is 6.14. The number of ether oxygens (including phenoxy) is 2. The molecule has 144 valence electrons. The second-order valence-corrected chi connectivity index (χ2v) is 7.33. The molecule has 0 radical (unpaired) electrons. The molecule has 26 heavy (non-hydrogen) atoms. The third-order valence-corrected chi connectivity index (χ3v) is 5.89. The molecule has 1 aliphatic carbocycles. The molecule has 6 heteroatoms. The Hall–Kier alpha value is -1.66. The summed E-state index contributed by atoms with van der Waals surface area (Å²) in [7, 11) is 1.53. The van der Waals surface area contributed by atoms with Crippen molar-refractivity contribution in [2.45, 2.75) is 50.6 Å². The van der Waals surface area contributed by atoms with Crippen LogP contribution in [0.2, 0.25) is 0 Å². The van der Waals surface area contributed by atoms with Crippen LogP contribution in [-0.2, 0) is 16.0 Å². The van der Waals surface area contributed by atoms with E-state index in [2.05, 4.69) is 17.1 Å². The predicted molar refractivity (Wildman–Crippen MR) is 97.9 cm³/mol. The van der Waals surface area contributed by atoms with Gasteiger partial charge in [0.15, 0.2) is 0 Å². The SMILES string of the molecule is COc1ccc(F)cc1CC(=O)NC(C)C1(N2CCOCC2)CCCC1. The summed E-state index contributed by atoms with van der Waals surface area (Å²) in [5, 5.41) is 3.18. The summed E-state index contributed by atoms with van der Waals surface area (Å²) in [6.45, 7) is 5.43. The molecule has 0 spiro atoms. The lowest BCUT2D eigenvalue weighted by atomic mass is 9.86. The Balaban J connectivity index is 1.68. The summed E-state index contributed by atoms with van der Waals surface area (Å²) in [6.07, 6.45) is 4.69. The molecule has 1 heterocycles. The molecule has 1 atom stereocenters. The van der Waals surface area contributed by atoms with Crippen molar-refractivity contribution in [3.05, 3.63) is 29.6 Å². The number of carbonyl (C=O) groups excluding carboxylic acids is 1. The number of nitrogens with zero attached hydrogens (tertiary/aromatic N) is 1. The van der Waals surface area contributed by atoms with E-state index in [4.69, 9.17) is 9.47 Å². The third kappa shape index (κ3) is 4.01. The van der Waals surface area contributed by atoms with E-state index < -0.39 is 0 Å². The minimum atomic E-state index is -0.359. The largest absolute Gasteiger partial charge is 0.496 e. The molecular formula is C20H29FN2O3. The molecule has 1 aromatic rings. The molecule has 1 saturated carbocycles. The summed E-state index contributed by atoms with van der Waals surface area (Å²) < 4.78 is 24.3. The van der Waals surface area contributed by atoms with Gasteiger partial charge in [-0.2, -0.15) is 0 Å². The summed E-state index contributed by atoms with van der Waals surface area (Å²) in [4.78, 5) is 15.1. The van der Waals surface area contributed by atoms with Gasteiger partial charge in [-0.1, -0.05) is 12.8 Å². The number of hydrogen-bond donors (Lipinski definition) is 1. The van der Waals surface area contributed by atoms with Gasteiger partial charge in [-0.15, -0.1) is 0 Å². The van der Waals surface area contributed by atoms with E-state index in [-0.39, 0.29) is 29.7 Å². The third-order valence-electron chi connectivity index (χ3n) is 5.89. The van der Waals surface area contributed by atoms with Gasteiger partial charge < -0.3 is 14.8 Å². The molecule has 1 aromatic carbocycles. The molecule has 0 aromatic heterocycles. The van der Waals surface area contributed by atoms with Gasteiger partial charge in [-0.25, -0.2) is 4.39 Å². The molecule has 1 amide bonds. The molecule has 0 bridgehead atoms. The van der Waals surface area contributed by atoms with Crippen LogP contribution in [0.15, 0.2) is 18.2 Å². The van der Waals surface area contributed by atoms with E-state index in [1.807, 2.05) is 0 Å². The zero-order valence-corrected chi connectivity index (χ0v) is 15.7. The van der Waals surface area contributed by atoms with Gasteiger partial charge in [0.2, 0.25) is 5.91 Å². The Morgan fingerprint density at radius 1 is 1.35 bits per heavy atom. The fraction of sp³-hybridized carbons (Fsp3) is 0.650. The van der Waals surface area contributed by atoms with Crippen LogP contribution in [-0.4, -0.2) is 55.8 Å². The van der Waals surface area contributed by atoms with Crippen molar-refractivity contribution < 1.29 is 18.7 Å². The quantitative estimate of drug-likeness (QED) is 0.843. The zero-order valence-electron chi connectivity index (χ0n) is 15.7. The van der Waals surface area contributed by atoms with Crippen molar-refractivity contribution >= 4 is 5.91 Å². The lowest BCUT2D eigenvalue weighted by molar-refractivity contribution is -0.122. The highest BCUT2D eigenvalue weighted by atomic mass is 19.1. The second-order valence-electron chi connectivity index (χ2n) is 7.33. The van der Waals surface area contributed by atoms with Crippen molar-refractivity contribution in [1.29, 1.82) is 0 Å². The number of methoxy groups -OCH3 is 1. The highest BCUT2D eigenvalue weighted by Crippen LogP contribution is 2.38. The molecule has 3 rings (SSSR count). The van der Waals surface area contributed by atoms with Crippen molar-refractivity contribution in [3.8, 4) is 5.75 Å². The maximum Gasteiger partial charge on any atom is 0.224 e. The van der Waals surface area contributed by atoms with Gasteiger partial charge in [-0.3, -0.25) is 9.69 Å². The van der Waals surface area contributed by atoms with Crippen LogP contribution in [0.25, 0.3) is 0 Å². The van der Waals surface area contributed by atoms with Gasteiger partial charge in [0.25, 0.3) is 0 Å². The summed E-state index contributed by atoms with van der Waals surface area (Å²) in [5.74, 6) is 0.0844. The number of benzene rings is 1. The van der Waals surface area contributed by atoms with Crippen molar-refractivity contribution in [1.82, 2.24) is 10.2 Å². The summed E-state index contributed by atoms with van der Waals surface area (Å²) in [5.41, 5.74) is 0.579. The Bertz CT molecular complexity index is 625. The van der Waals surface area contributed by atoms with Crippen molar-refractivity contribution in [3.63, 3.8) is 0 Å². The van der Waals surface area contributed by atoms with E-state index in [0.717, 1.165) is 39.1 Å². The maximum absolute atomic E-state index is 13.5. The fourth-order valence-electron chi connectivity index (χ4n) is 4.50. The summed E-state index contributed by atoms with van der Waals surface area (Å²) >= 11 is 0. The Morgan fingerprint density at radius 2 is 2.04 bits per heavy atom. The topological polar surface area (TPSA) is 50.8 Å². The fourth-order valence-corrected chi connectivity index (χ4v) is 4.50. The van der Waals surface area contributed by atoms with Crippen LogP contribution in [0.4, 0.5) is 4.39 Å². The molecule has 1 N–H and O–H groups in total. The van der Waals surface area contributed by atoms with E-state index in [1.165, 1.54) is 32.1 Å². The highest BCUT2D eigenvalue weighted by Gasteiger charge is 2.44. The molecule has 5 nitrogen and oxygen atoms in total. The molecule has 1 aliphatic heterocycles. The predicted octanol–water partition coefficient (Wildman–Crippen LogP) is 2.53. The normalized spacial score (nSPS) is 21.3. The zero-order chi connectivity index (χ0) is 18.6. The second kappa shape index (κ2) is 8.35. The summed E-state index contributed by atoms with van der Waals surface area (Å²) in [6, 6.07) is 4.31. The first-order valence-corrected chi connectivity index (χ1v) is 9.50. The van der Waals surface area contributed by atoms with E-state index >= 15 is 0 Å². The standard InChI is InChI=1S/C20H29FN2O3/c1-15(20(7-3-4-8-20)23-9-11-26-12-10-23)22-19(24)14-16-13-17(21)5-6-18(16)25-2/h5-6,13,15H,3-4,7-12,14H2,1-2H3,(H,22,24). The van der Waals surface area contributed by atoms with Crippen LogP contribution < -0.4 is 10.1 Å². The van der Waals surface area contributed by atoms with Gasteiger partial charge in [-0.05, 0) is 38.0 Å². The first kappa shape index (κ1) is 19.1. The Morgan fingerprint density at radius 3 is 2.69 bits per heavy atom. The maximum atomic E-state index is 13.5. The lowest BCUT2D eigenvalue weighted by Gasteiger charge is -2.47. The van der Waals surface area contributed by atoms with Gasteiger partial charge >= 0.3 is 0 Å². The smallest absolute Gasteiger partial charge is 0.224 e. The van der Waals surface area contributed by atoms with Gasteiger partial charge in [0, 0.05) is 30.2 Å². The lowest BCUT2D eigenvalue weighted by Crippen LogP contribution is -2.62. The first-order valence-electron chi connectivity index (χ1n) is 9.50. The average molecular weight is 364 g/mol. The van der Waals surface area contributed by atoms with Gasteiger partial charge in [0.1, 0.15) is 11.6 Å². The van der Waals surface area contributed by atoms with Crippen molar-refractivity contribution in [2.75, 3.05) is 33.4 Å². The van der Waals surface area contributed by atoms with Crippen molar-refractivity contribution in [2.24, 2.45) is 0 Å². The van der Waals surface area contributed by atoms with Gasteiger partial charge in [0.05, 0.1) is 26.7 Å². The number of halogens is 1. The number of morpholine rings is 1. The number of amides is 1. The molecular weight excluding hydrogens is 335 g/mol.